The molecule has 72 valence electrons. The number of hydrogen-bond donors (Lipinski definition) is 1. The molecule has 0 saturated carbocycles. The highest BCUT2D eigenvalue weighted by molar-refractivity contribution is 6.38. The molecule has 0 aliphatic heterocycles. The SMILES string of the molecule is CN(C)Cc1cc(Cl)c(N)c(Cl)c1. The van der Waals surface area contributed by atoms with Gasteiger partial charge >= 0.3 is 0 Å². The Balaban J connectivity index is 2.99. The third-order valence-electron chi connectivity index (χ3n) is 1.64. The van der Waals surface area contributed by atoms with Gasteiger partial charge in [-0.3, -0.25) is 0 Å². The summed E-state index contributed by atoms with van der Waals surface area (Å²) in [6, 6.07) is 3.67. The Kier molecular flexibility index (Phi) is 3.42. The van der Waals surface area contributed by atoms with Gasteiger partial charge in [0.05, 0.1) is 15.7 Å². The van der Waals surface area contributed by atoms with E-state index in [0.717, 1.165) is 12.1 Å². The van der Waals surface area contributed by atoms with Crippen molar-refractivity contribution < 1.29 is 0 Å². The Morgan fingerprint density at radius 1 is 1.23 bits per heavy atom. The summed E-state index contributed by atoms with van der Waals surface area (Å²) in [5.41, 5.74) is 7.12. The molecule has 1 rings (SSSR count). The standard InChI is InChI=1S/C9H12Cl2N2/c1-13(2)5-6-3-7(10)9(12)8(11)4-6/h3-4H,5,12H2,1-2H3. The maximum absolute atomic E-state index is 5.87. The Morgan fingerprint density at radius 3 is 2.08 bits per heavy atom. The van der Waals surface area contributed by atoms with Gasteiger partial charge in [0.15, 0.2) is 0 Å². The van der Waals surface area contributed by atoms with E-state index < -0.39 is 0 Å². The molecule has 0 aliphatic rings. The molecule has 0 amide bonds. The lowest BCUT2D eigenvalue weighted by atomic mass is 10.2. The molecule has 2 nitrogen and oxygen atoms in total. The number of hydrogen-bond acceptors (Lipinski definition) is 2. The van der Waals surface area contributed by atoms with Crippen LogP contribution in [0.15, 0.2) is 12.1 Å². The largest absolute Gasteiger partial charge is 0.396 e. The molecule has 0 radical (unpaired) electrons. The Bertz CT molecular complexity index is 287. The van der Waals surface area contributed by atoms with Crippen molar-refractivity contribution in [1.29, 1.82) is 0 Å². The van der Waals surface area contributed by atoms with Crippen molar-refractivity contribution in [3.05, 3.63) is 27.7 Å². The molecule has 2 N–H and O–H groups in total. The smallest absolute Gasteiger partial charge is 0.0693 e. The number of anilines is 1. The van der Waals surface area contributed by atoms with E-state index in [-0.39, 0.29) is 0 Å². The number of rotatable bonds is 2. The van der Waals surface area contributed by atoms with Crippen LogP contribution >= 0.6 is 23.2 Å². The number of nitrogens with zero attached hydrogens (tertiary/aromatic N) is 1. The molecule has 0 fully saturated rings. The molecule has 0 atom stereocenters. The van der Waals surface area contributed by atoms with E-state index >= 15 is 0 Å². The van der Waals surface area contributed by atoms with Crippen molar-refractivity contribution >= 4 is 28.9 Å². The zero-order chi connectivity index (χ0) is 10.0. The second-order valence-corrected chi connectivity index (χ2v) is 4.03. The van der Waals surface area contributed by atoms with Crippen molar-refractivity contribution in [2.75, 3.05) is 19.8 Å². The monoisotopic (exact) mass is 218 g/mol. The fourth-order valence-corrected chi connectivity index (χ4v) is 1.63. The van der Waals surface area contributed by atoms with Crippen LogP contribution in [-0.4, -0.2) is 19.0 Å². The molecule has 13 heavy (non-hydrogen) atoms. The summed E-state index contributed by atoms with van der Waals surface area (Å²) in [5, 5.41) is 1.04. The molecule has 0 heterocycles. The van der Waals surface area contributed by atoms with Crippen molar-refractivity contribution in [3.8, 4) is 0 Å². The highest BCUT2D eigenvalue weighted by Gasteiger charge is 2.04. The van der Waals surface area contributed by atoms with Gasteiger partial charge in [0.2, 0.25) is 0 Å². The van der Waals surface area contributed by atoms with Gasteiger partial charge in [0.25, 0.3) is 0 Å². The van der Waals surface area contributed by atoms with Crippen LogP contribution < -0.4 is 5.73 Å². The fraction of sp³-hybridized carbons (Fsp3) is 0.333. The molecular formula is C9H12Cl2N2. The molecule has 0 unspecified atom stereocenters. The van der Waals surface area contributed by atoms with Crippen molar-refractivity contribution in [3.63, 3.8) is 0 Å². The zero-order valence-electron chi connectivity index (χ0n) is 7.64. The molecule has 0 aromatic heterocycles. The topological polar surface area (TPSA) is 29.3 Å². The summed E-state index contributed by atoms with van der Waals surface area (Å²) >= 11 is 11.7. The van der Waals surface area contributed by atoms with Crippen LogP contribution in [-0.2, 0) is 6.54 Å². The average molecular weight is 219 g/mol. The predicted octanol–water partition coefficient (Wildman–Crippen LogP) is 2.64. The van der Waals surface area contributed by atoms with Gasteiger partial charge in [-0.05, 0) is 31.8 Å². The second-order valence-electron chi connectivity index (χ2n) is 3.21. The molecule has 1 aromatic carbocycles. The fourth-order valence-electron chi connectivity index (χ4n) is 1.09. The first-order valence-corrected chi connectivity index (χ1v) is 4.64. The van der Waals surface area contributed by atoms with E-state index in [9.17, 15) is 0 Å². The highest BCUT2D eigenvalue weighted by Crippen LogP contribution is 2.28. The quantitative estimate of drug-likeness (QED) is 0.774. The summed E-state index contributed by atoms with van der Waals surface area (Å²) in [6.45, 7) is 0.805. The van der Waals surface area contributed by atoms with Crippen molar-refractivity contribution in [2.24, 2.45) is 0 Å². The van der Waals surface area contributed by atoms with Gasteiger partial charge in [-0.2, -0.15) is 0 Å². The van der Waals surface area contributed by atoms with E-state index in [0.29, 0.717) is 15.7 Å². The van der Waals surface area contributed by atoms with Crippen molar-refractivity contribution in [2.45, 2.75) is 6.54 Å². The first-order chi connectivity index (χ1) is 6.00. The van der Waals surface area contributed by atoms with Crippen LogP contribution in [0.4, 0.5) is 5.69 Å². The van der Waals surface area contributed by atoms with E-state index in [1.54, 1.807) is 0 Å². The molecule has 0 saturated heterocycles. The van der Waals surface area contributed by atoms with Crippen LogP contribution in [0.1, 0.15) is 5.56 Å². The van der Waals surface area contributed by atoms with Crippen LogP contribution in [0.5, 0.6) is 0 Å². The molecule has 4 heteroatoms. The predicted molar refractivity (Wildman–Crippen MR) is 58.3 cm³/mol. The van der Waals surface area contributed by atoms with Crippen LogP contribution in [0.3, 0.4) is 0 Å². The molecular weight excluding hydrogens is 207 g/mol. The van der Waals surface area contributed by atoms with Gasteiger partial charge in [0, 0.05) is 6.54 Å². The lowest BCUT2D eigenvalue weighted by molar-refractivity contribution is 0.402. The number of benzene rings is 1. The minimum absolute atomic E-state index is 0.450. The van der Waals surface area contributed by atoms with Gasteiger partial charge in [-0.25, -0.2) is 0 Å². The van der Waals surface area contributed by atoms with E-state index in [2.05, 4.69) is 0 Å². The average Bonchev–Trinajstić information content (AvgIpc) is 1.98. The Hall–Kier alpha value is -0.440. The maximum atomic E-state index is 5.87. The molecule has 0 bridgehead atoms. The summed E-state index contributed by atoms with van der Waals surface area (Å²) in [4.78, 5) is 2.04. The lowest BCUT2D eigenvalue weighted by Gasteiger charge is -2.11. The van der Waals surface area contributed by atoms with Gasteiger partial charge in [-0.1, -0.05) is 23.2 Å². The highest BCUT2D eigenvalue weighted by atomic mass is 35.5. The minimum Gasteiger partial charge on any atom is -0.396 e. The van der Waals surface area contributed by atoms with Crippen molar-refractivity contribution in [1.82, 2.24) is 4.90 Å². The summed E-state index contributed by atoms with van der Waals surface area (Å²) in [7, 11) is 3.97. The Morgan fingerprint density at radius 2 is 1.69 bits per heavy atom. The second kappa shape index (κ2) is 4.18. The van der Waals surface area contributed by atoms with Crippen LogP contribution in [0.25, 0.3) is 0 Å². The number of halogens is 2. The van der Waals surface area contributed by atoms with E-state index in [4.69, 9.17) is 28.9 Å². The third kappa shape index (κ3) is 2.76. The number of nitrogens with two attached hydrogens (primary N) is 1. The molecule has 0 aliphatic carbocycles. The first-order valence-electron chi connectivity index (χ1n) is 3.89. The van der Waals surface area contributed by atoms with Crippen LogP contribution in [0.2, 0.25) is 10.0 Å². The molecule has 0 spiro atoms. The van der Waals surface area contributed by atoms with Crippen LogP contribution in [0, 0.1) is 0 Å². The molecule has 1 aromatic rings. The number of nitrogen functional groups attached to an aromatic ring is 1. The Labute approximate surface area is 88.2 Å². The maximum Gasteiger partial charge on any atom is 0.0693 e. The minimum atomic E-state index is 0.450. The van der Waals surface area contributed by atoms with Gasteiger partial charge in [-0.15, -0.1) is 0 Å². The normalized spacial score (nSPS) is 10.8. The first kappa shape index (κ1) is 10.6. The zero-order valence-corrected chi connectivity index (χ0v) is 9.15. The summed E-state index contributed by atoms with van der Waals surface area (Å²) < 4.78 is 0. The van der Waals surface area contributed by atoms with Gasteiger partial charge in [0.1, 0.15) is 0 Å². The lowest BCUT2D eigenvalue weighted by Crippen LogP contribution is -2.10. The van der Waals surface area contributed by atoms with E-state index in [1.165, 1.54) is 0 Å². The summed E-state index contributed by atoms with van der Waals surface area (Å²) in [6.07, 6.45) is 0. The summed E-state index contributed by atoms with van der Waals surface area (Å²) in [5.74, 6) is 0. The van der Waals surface area contributed by atoms with E-state index in [1.807, 2.05) is 31.1 Å². The van der Waals surface area contributed by atoms with Gasteiger partial charge < -0.3 is 10.6 Å². The third-order valence-corrected chi connectivity index (χ3v) is 2.26.